The average Bonchev–Trinajstić information content (AvgIpc) is 4.26. The molecule has 0 unspecified atom stereocenters. The number of carbonyl (C=O) groups excluding carboxylic acids is 3. The number of aryl methyl sites for hydroxylation is 2. The molecular formula is C59H71F3N10O7S. The lowest BCUT2D eigenvalue weighted by molar-refractivity contribution is -0.144. The van der Waals surface area contributed by atoms with Gasteiger partial charge in [0.05, 0.1) is 33.6 Å². The Morgan fingerprint density at radius 2 is 1.73 bits per heavy atom. The minimum atomic E-state index is -1.10. The van der Waals surface area contributed by atoms with E-state index in [0.29, 0.717) is 66.4 Å². The van der Waals surface area contributed by atoms with Crippen molar-refractivity contribution in [3.63, 3.8) is 0 Å². The van der Waals surface area contributed by atoms with Crippen LogP contribution in [0.25, 0.3) is 43.4 Å². The number of halogens is 3. The molecule has 7 heterocycles. The molecule has 3 amide bonds. The quantitative estimate of drug-likeness (QED) is 0.0493. The summed E-state index contributed by atoms with van der Waals surface area (Å²) < 4.78 is 59.6. The van der Waals surface area contributed by atoms with Crippen LogP contribution in [0.1, 0.15) is 96.0 Å². The largest absolute Gasteiger partial charge is 0.508 e. The van der Waals surface area contributed by atoms with Crippen molar-refractivity contribution in [3.8, 4) is 33.5 Å². The van der Waals surface area contributed by atoms with E-state index >= 15 is 13.2 Å². The molecule has 80 heavy (non-hydrogen) atoms. The first kappa shape index (κ1) is 56.7. The third kappa shape index (κ3) is 12.2. The summed E-state index contributed by atoms with van der Waals surface area (Å²) in [6, 6.07) is 11.4. The van der Waals surface area contributed by atoms with E-state index in [4.69, 9.17) is 14.5 Å². The zero-order valence-corrected chi connectivity index (χ0v) is 46.9. The lowest BCUT2D eigenvalue weighted by Gasteiger charge is -2.35. The number of nitrogens with zero attached hydrogens (tertiary/aromatic N) is 7. The second-order valence-electron chi connectivity index (χ2n) is 23.0. The summed E-state index contributed by atoms with van der Waals surface area (Å²) in [6.07, 6.45) is 3.25. The Labute approximate surface area is 467 Å². The van der Waals surface area contributed by atoms with Crippen LogP contribution in [-0.2, 0) is 25.5 Å². The molecule has 10 rings (SSSR count). The van der Waals surface area contributed by atoms with Crippen molar-refractivity contribution >= 4 is 56.6 Å². The molecule has 17 nitrogen and oxygen atoms in total. The molecule has 2 bridgehead atoms. The second kappa shape index (κ2) is 23.9. The van der Waals surface area contributed by atoms with Gasteiger partial charge in [0, 0.05) is 69.1 Å². The Kier molecular flexibility index (Phi) is 17.0. The van der Waals surface area contributed by atoms with Gasteiger partial charge in [0.25, 0.3) is 0 Å². The molecule has 0 spiro atoms. The minimum absolute atomic E-state index is 0.0302. The normalized spacial score (nSPS) is 22.1. The van der Waals surface area contributed by atoms with Gasteiger partial charge in [-0.3, -0.25) is 24.3 Å². The molecule has 0 radical (unpaired) electrons. The fraction of sp³-hybridized carbons (Fsp3) is 0.508. The molecule has 8 atom stereocenters. The molecule has 4 aliphatic heterocycles. The SMILES string of the molecule is CCc1c(F)ccc2cc(O)cc(-c3ncc4c(N5C[C@H]6CC[C@@H](C5)N6)nc(OC[C@@H]5C[C@@H](F)CN5CCCCOCC(=O)N[C@H](C(=O)N5C[C@H](O)C[C@H]5C(=O)N[C@@H](C)c5ccc(-c6scnc6C)cc5)C(C)(C)C)nc4c3F)c12. The molecule has 21 heteroatoms. The minimum Gasteiger partial charge on any atom is -0.508 e. The Morgan fingerprint density at radius 3 is 2.44 bits per heavy atom. The summed E-state index contributed by atoms with van der Waals surface area (Å²) in [5.74, 6) is -2.26. The summed E-state index contributed by atoms with van der Waals surface area (Å²) in [4.78, 5) is 66.3. The maximum Gasteiger partial charge on any atom is 0.319 e. The molecule has 426 valence electrons. The Hall–Kier alpha value is -6.52. The number of likely N-dealkylation sites (tertiary alicyclic amines) is 2. The summed E-state index contributed by atoms with van der Waals surface area (Å²) in [5, 5.41) is 32.3. The van der Waals surface area contributed by atoms with Gasteiger partial charge in [0.1, 0.15) is 60.1 Å². The number of carbonyl (C=O) groups is 3. The number of unbranched alkanes of at least 4 members (excludes halogenated alkanes) is 1. The third-order valence-corrected chi connectivity index (χ3v) is 17.1. The molecule has 4 saturated heterocycles. The molecule has 3 aromatic carbocycles. The molecule has 0 aliphatic carbocycles. The summed E-state index contributed by atoms with van der Waals surface area (Å²) in [6.45, 7) is 12.9. The van der Waals surface area contributed by atoms with E-state index in [1.54, 1.807) is 22.9 Å². The van der Waals surface area contributed by atoms with Crippen LogP contribution in [0, 0.1) is 24.0 Å². The van der Waals surface area contributed by atoms with Crippen molar-refractivity contribution in [3.05, 3.63) is 88.7 Å². The van der Waals surface area contributed by atoms with Gasteiger partial charge < -0.3 is 45.4 Å². The Bertz CT molecular complexity index is 3240. The first-order valence-electron chi connectivity index (χ1n) is 27.8. The smallest absolute Gasteiger partial charge is 0.319 e. The van der Waals surface area contributed by atoms with Gasteiger partial charge in [-0.2, -0.15) is 9.97 Å². The highest BCUT2D eigenvalue weighted by atomic mass is 32.1. The number of piperazine rings is 1. The van der Waals surface area contributed by atoms with E-state index in [0.717, 1.165) is 34.5 Å². The first-order valence-corrected chi connectivity index (χ1v) is 28.7. The first-order chi connectivity index (χ1) is 38.3. The Morgan fingerprint density at radius 1 is 0.963 bits per heavy atom. The number of phenolic OH excluding ortho intramolecular Hbond substituents is 1. The van der Waals surface area contributed by atoms with E-state index in [9.17, 15) is 24.6 Å². The number of phenols is 1. The van der Waals surface area contributed by atoms with E-state index in [1.165, 1.54) is 29.3 Å². The summed E-state index contributed by atoms with van der Waals surface area (Å²) in [5.41, 5.74) is 4.36. The van der Waals surface area contributed by atoms with Crippen LogP contribution in [0.3, 0.4) is 0 Å². The number of amides is 3. The predicted octanol–water partition coefficient (Wildman–Crippen LogP) is 7.72. The number of aliphatic hydroxyl groups is 1. The van der Waals surface area contributed by atoms with Crippen LogP contribution >= 0.6 is 11.3 Å². The van der Waals surface area contributed by atoms with Gasteiger partial charge in [0.2, 0.25) is 17.7 Å². The second-order valence-corrected chi connectivity index (χ2v) is 23.8. The van der Waals surface area contributed by atoms with Crippen LogP contribution in [0.2, 0.25) is 0 Å². The van der Waals surface area contributed by atoms with Gasteiger partial charge >= 0.3 is 6.01 Å². The molecular weight excluding hydrogens is 1050 g/mol. The van der Waals surface area contributed by atoms with Crippen LogP contribution in [0.15, 0.2) is 60.2 Å². The average molecular weight is 1120 g/mol. The number of rotatable bonds is 19. The number of β-amino-alcohol motifs (C(OH)–C–C–N with tert-alkyl or cyclic N) is 1. The molecule has 5 N–H and O–H groups in total. The number of anilines is 1. The lowest BCUT2D eigenvalue weighted by atomic mass is 9.85. The third-order valence-electron chi connectivity index (χ3n) is 16.1. The maximum atomic E-state index is 17.2. The Balaban J connectivity index is 0.743. The van der Waals surface area contributed by atoms with Crippen molar-refractivity contribution in [2.75, 3.05) is 57.4 Å². The maximum absolute atomic E-state index is 17.2. The summed E-state index contributed by atoms with van der Waals surface area (Å²) in [7, 11) is 0. The lowest BCUT2D eigenvalue weighted by Crippen LogP contribution is -2.58. The van der Waals surface area contributed by atoms with Gasteiger partial charge in [-0.05, 0) is 110 Å². The number of hydrogen-bond donors (Lipinski definition) is 5. The highest BCUT2D eigenvalue weighted by molar-refractivity contribution is 7.13. The number of aliphatic hydroxyl groups excluding tert-OH is 1. The van der Waals surface area contributed by atoms with Crippen molar-refractivity contribution in [2.45, 2.75) is 135 Å². The van der Waals surface area contributed by atoms with E-state index in [-0.39, 0.29) is 98.5 Å². The molecule has 4 aliphatic rings. The highest BCUT2D eigenvalue weighted by Crippen LogP contribution is 2.40. The zero-order valence-electron chi connectivity index (χ0n) is 46.1. The number of benzene rings is 3. The number of thiazole rings is 1. The van der Waals surface area contributed by atoms with Gasteiger partial charge in [-0.25, -0.2) is 18.2 Å². The number of ether oxygens (including phenoxy) is 2. The fourth-order valence-corrected chi connectivity index (χ4v) is 12.8. The molecule has 3 aromatic heterocycles. The van der Waals surface area contributed by atoms with Crippen LogP contribution < -0.4 is 25.6 Å². The van der Waals surface area contributed by atoms with E-state index in [1.807, 2.05) is 70.7 Å². The number of hydrogen-bond acceptors (Lipinski definition) is 15. The van der Waals surface area contributed by atoms with Gasteiger partial charge in [-0.1, -0.05) is 58.0 Å². The van der Waals surface area contributed by atoms with E-state index < -0.39 is 59.1 Å². The predicted molar refractivity (Wildman–Crippen MR) is 300 cm³/mol. The monoisotopic (exact) mass is 1120 g/mol. The number of pyridine rings is 1. The number of alkyl halides is 1. The van der Waals surface area contributed by atoms with Crippen molar-refractivity contribution in [1.29, 1.82) is 0 Å². The van der Waals surface area contributed by atoms with Crippen LogP contribution in [-0.4, -0.2) is 153 Å². The molecule has 0 saturated carbocycles. The number of aromatic hydroxyl groups is 1. The van der Waals surface area contributed by atoms with Crippen molar-refractivity contribution in [2.24, 2.45) is 5.41 Å². The van der Waals surface area contributed by atoms with Crippen molar-refractivity contribution in [1.82, 2.24) is 45.7 Å². The van der Waals surface area contributed by atoms with Gasteiger partial charge in [-0.15, -0.1) is 11.3 Å². The topological polar surface area (TPSA) is 208 Å². The highest BCUT2D eigenvalue weighted by Gasteiger charge is 2.45. The van der Waals surface area contributed by atoms with E-state index in [2.05, 4.69) is 35.8 Å². The number of nitrogens with one attached hydrogen (secondary N) is 3. The standard InChI is InChI=1S/C59H71F3N10O7S/c1-7-43-46(61)17-14-36-20-41(73)22-44(49(36)43)51-50(62)52-45(24-63-51)55(71-26-38-15-16-39(27-71)66-38)69-58(68-52)79-29-40-21-37(60)25-70(40)18-8-9-19-78-30-48(75)67-54(59(4,5)6)57(77)72-28-42(74)23-47(72)56(76)65-32(2)34-10-12-35(13-11-34)53-33(3)64-31-80-53/h10-14,17,20,22,24,31-32,37-40,42,47,54,66,73-74H,7-9,15-16,18-19,21,23,25-30H2,1-6H3,(H,65,76)(H,67,75)/t32-,37+,38-,39+,40-,42+,47-,54+/m0/s1. The van der Waals surface area contributed by atoms with Crippen LogP contribution in [0.4, 0.5) is 19.0 Å². The molecule has 6 aromatic rings. The molecule has 4 fully saturated rings. The number of aromatic nitrogens is 4. The van der Waals surface area contributed by atoms with Crippen molar-refractivity contribution < 1.29 is 47.2 Å². The number of fused-ring (bicyclic) bond motifs is 4. The fourth-order valence-electron chi connectivity index (χ4n) is 12.0. The van der Waals surface area contributed by atoms with Gasteiger partial charge in [0.15, 0.2) is 5.82 Å². The summed E-state index contributed by atoms with van der Waals surface area (Å²) >= 11 is 1.56. The van der Waals surface area contributed by atoms with Crippen LogP contribution in [0.5, 0.6) is 11.8 Å². The zero-order chi connectivity index (χ0) is 56.6.